The number of aliphatic imine (C=N–C) groups is 1. The maximum atomic E-state index is 12.6. The van der Waals surface area contributed by atoms with E-state index in [1.807, 2.05) is 34.0 Å². The van der Waals surface area contributed by atoms with Crippen molar-refractivity contribution in [2.75, 3.05) is 19.6 Å². The van der Waals surface area contributed by atoms with Crippen molar-refractivity contribution in [1.29, 1.82) is 0 Å². The Kier molecular flexibility index (Phi) is 3.57. The first-order chi connectivity index (χ1) is 11.3. The zero-order chi connectivity index (χ0) is 15.6. The van der Waals surface area contributed by atoms with E-state index in [1.54, 1.807) is 12.5 Å². The molecule has 0 atom stereocenters. The average Bonchev–Trinajstić information content (AvgIpc) is 3.06. The summed E-state index contributed by atoms with van der Waals surface area (Å²) in [7, 11) is 0. The lowest BCUT2D eigenvalue weighted by molar-refractivity contribution is 0.0724. The van der Waals surface area contributed by atoms with Crippen LogP contribution < -0.4 is 5.32 Å². The lowest BCUT2D eigenvalue weighted by atomic mass is 10.1. The second kappa shape index (κ2) is 5.87. The molecule has 4 rings (SSSR count). The molecule has 1 N–H and O–H groups in total. The lowest BCUT2D eigenvalue weighted by Gasteiger charge is -2.26. The first kappa shape index (κ1) is 14.0. The van der Waals surface area contributed by atoms with Crippen LogP contribution in [0.3, 0.4) is 0 Å². The maximum absolute atomic E-state index is 12.6. The number of nitrogens with one attached hydrogen (secondary N) is 1. The highest BCUT2D eigenvalue weighted by Crippen LogP contribution is 2.21. The van der Waals surface area contributed by atoms with Crippen molar-refractivity contribution in [3.63, 3.8) is 0 Å². The van der Waals surface area contributed by atoms with Crippen LogP contribution in [0.5, 0.6) is 0 Å². The molecule has 0 aliphatic carbocycles. The van der Waals surface area contributed by atoms with Gasteiger partial charge in [-0.3, -0.25) is 9.79 Å². The van der Waals surface area contributed by atoms with Crippen LogP contribution in [-0.4, -0.2) is 46.3 Å². The molecule has 0 aromatic carbocycles. The molecule has 1 fully saturated rings. The van der Waals surface area contributed by atoms with E-state index in [2.05, 4.69) is 15.3 Å². The second-order valence-electron chi connectivity index (χ2n) is 5.95. The molecule has 2 aliphatic heterocycles. The summed E-state index contributed by atoms with van der Waals surface area (Å²) in [5, 5.41) is 3.97. The van der Waals surface area contributed by atoms with E-state index < -0.39 is 0 Å². The minimum absolute atomic E-state index is 0.0926. The van der Waals surface area contributed by atoms with Crippen LogP contribution in [0.4, 0.5) is 0 Å². The number of carbonyl (C=O) groups excluding carboxylic acids is 1. The molecular formula is C17H19N5O. The Morgan fingerprint density at radius 1 is 1.22 bits per heavy atom. The van der Waals surface area contributed by atoms with E-state index in [0.29, 0.717) is 12.1 Å². The molecule has 0 saturated carbocycles. The number of nitrogens with zero attached hydrogens (tertiary/aromatic N) is 4. The van der Waals surface area contributed by atoms with E-state index in [0.717, 1.165) is 42.7 Å². The number of likely N-dealkylation sites (tertiary alicyclic amines) is 1. The van der Waals surface area contributed by atoms with Crippen LogP contribution >= 0.6 is 0 Å². The third kappa shape index (κ3) is 2.60. The maximum Gasteiger partial charge on any atom is 0.255 e. The molecule has 6 heteroatoms. The van der Waals surface area contributed by atoms with E-state index in [-0.39, 0.29) is 5.91 Å². The van der Waals surface area contributed by atoms with Crippen molar-refractivity contribution in [2.24, 2.45) is 4.99 Å². The molecule has 0 unspecified atom stereocenters. The lowest BCUT2D eigenvalue weighted by Crippen LogP contribution is -2.35. The predicted molar refractivity (Wildman–Crippen MR) is 90.3 cm³/mol. The molecule has 2 aromatic heterocycles. The van der Waals surface area contributed by atoms with Gasteiger partial charge < -0.3 is 14.8 Å². The Labute approximate surface area is 134 Å². The Balaban J connectivity index is 1.64. The number of fused-ring (bicyclic) bond motifs is 1. The number of amides is 1. The summed E-state index contributed by atoms with van der Waals surface area (Å²) in [5.41, 5.74) is 2.56. The third-order valence-corrected chi connectivity index (χ3v) is 4.40. The summed E-state index contributed by atoms with van der Waals surface area (Å²) in [6.45, 7) is 2.33. The summed E-state index contributed by atoms with van der Waals surface area (Å²) < 4.78 is 2.01. The van der Waals surface area contributed by atoms with Crippen LogP contribution in [0.1, 0.15) is 29.6 Å². The molecule has 1 amide bonds. The zero-order valence-corrected chi connectivity index (χ0v) is 12.9. The number of piperidine rings is 1. The van der Waals surface area contributed by atoms with Crippen molar-refractivity contribution in [3.8, 4) is 0 Å². The van der Waals surface area contributed by atoms with Crippen molar-refractivity contribution in [1.82, 2.24) is 19.8 Å². The molecule has 6 nitrogen and oxygen atoms in total. The van der Waals surface area contributed by atoms with Gasteiger partial charge in [-0.25, -0.2) is 4.98 Å². The van der Waals surface area contributed by atoms with Gasteiger partial charge in [-0.2, -0.15) is 0 Å². The fraction of sp³-hybridized carbons (Fsp3) is 0.353. The number of carbonyl (C=O) groups is 1. The summed E-state index contributed by atoms with van der Waals surface area (Å²) in [5.74, 6) is 0.0926. The van der Waals surface area contributed by atoms with E-state index in [4.69, 9.17) is 0 Å². The highest BCUT2D eigenvalue weighted by Gasteiger charge is 2.19. The van der Waals surface area contributed by atoms with Crippen LogP contribution in [0.15, 0.2) is 35.7 Å². The van der Waals surface area contributed by atoms with Crippen LogP contribution in [0.25, 0.3) is 16.7 Å². The average molecular weight is 309 g/mol. The molecule has 0 spiro atoms. The van der Waals surface area contributed by atoms with Crippen LogP contribution in [-0.2, 0) is 0 Å². The smallest absolute Gasteiger partial charge is 0.255 e. The Morgan fingerprint density at radius 3 is 2.87 bits per heavy atom. The molecule has 4 heterocycles. The molecule has 23 heavy (non-hydrogen) atoms. The van der Waals surface area contributed by atoms with E-state index in [1.165, 1.54) is 6.42 Å². The van der Waals surface area contributed by atoms with Crippen LogP contribution in [0.2, 0.25) is 0 Å². The van der Waals surface area contributed by atoms with Crippen molar-refractivity contribution in [2.45, 2.75) is 19.3 Å². The number of hydrogen-bond acceptors (Lipinski definition) is 4. The predicted octanol–water partition coefficient (Wildman–Crippen LogP) is 2.09. The number of aromatic nitrogens is 2. The fourth-order valence-corrected chi connectivity index (χ4v) is 3.17. The molecule has 2 aromatic rings. The van der Waals surface area contributed by atoms with Gasteiger partial charge in [0, 0.05) is 37.1 Å². The van der Waals surface area contributed by atoms with Crippen molar-refractivity contribution < 1.29 is 4.79 Å². The molecule has 1 saturated heterocycles. The third-order valence-electron chi connectivity index (χ3n) is 4.40. The van der Waals surface area contributed by atoms with Gasteiger partial charge in [0.1, 0.15) is 5.65 Å². The van der Waals surface area contributed by atoms with E-state index in [9.17, 15) is 4.79 Å². The molecule has 0 bridgehead atoms. The molecule has 118 valence electrons. The van der Waals surface area contributed by atoms with Gasteiger partial charge >= 0.3 is 0 Å². The number of pyridine rings is 1. The highest BCUT2D eigenvalue weighted by molar-refractivity contribution is 5.97. The Morgan fingerprint density at radius 2 is 2.09 bits per heavy atom. The minimum atomic E-state index is 0.0926. The largest absolute Gasteiger partial charge is 0.351 e. The number of hydrogen-bond donors (Lipinski definition) is 1. The summed E-state index contributed by atoms with van der Waals surface area (Å²) >= 11 is 0. The standard InChI is InChI=1S/C17H19N5O/c23-17(21-5-2-1-3-6-21)14-8-13-4-7-22(16(13)20-9-14)15-10-18-12-19-11-15/h4,7-10,12H,1-3,5-6,11H2,(H,18,19). The summed E-state index contributed by atoms with van der Waals surface area (Å²) in [4.78, 5) is 23.3. The molecular weight excluding hydrogens is 290 g/mol. The normalized spacial score (nSPS) is 17.9. The fourth-order valence-electron chi connectivity index (χ4n) is 3.17. The number of rotatable bonds is 2. The topological polar surface area (TPSA) is 62.5 Å². The highest BCUT2D eigenvalue weighted by atomic mass is 16.2. The van der Waals surface area contributed by atoms with Crippen molar-refractivity contribution >= 4 is 29.0 Å². The van der Waals surface area contributed by atoms with Gasteiger partial charge in [-0.1, -0.05) is 0 Å². The summed E-state index contributed by atoms with van der Waals surface area (Å²) in [6, 6.07) is 3.93. The first-order valence-corrected chi connectivity index (χ1v) is 8.03. The van der Waals surface area contributed by atoms with Gasteiger partial charge in [0.15, 0.2) is 0 Å². The zero-order valence-electron chi connectivity index (χ0n) is 12.9. The van der Waals surface area contributed by atoms with Gasteiger partial charge in [-0.05, 0) is 31.4 Å². The Hall–Kier alpha value is -2.63. The Bertz CT molecular complexity index is 798. The van der Waals surface area contributed by atoms with Gasteiger partial charge in [0.25, 0.3) is 5.91 Å². The summed E-state index contributed by atoms with van der Waals surface area (Å²) in [6.07, 6.45) is 10.7. The minimum Gasteiger partial charge on any atom is -0.351 e. The molecule has 0 radical (unpaired) electrons. The molecule has 2 aliphatic rings. The van der Waals surface area contributed by atoms with Gasteiger partial charge in [0.2, 0.25) is 0 Å². The quantitative estimate of drug-likeness (QED) is 0.924. The van der Waals surface area contributed by atoms with Gasteiger partial charge in [-0.15, -0.1) is 0 Å². The first-order valence-electron chi connectivity index (χ1n) is 8.03. The SMILES string of the molecule is O=C(c1cnc2c(ccn2C2=CNC=NC2)c1)N1CCCCC1. The van der Waals surface area contributed by atoms with Crippen LogP contribution in [0, 0.1) is 0 Å². The monoisotopic (exact) mass is 309 g/mol. The second-order valence-corrected chi connectivity index (χ2v) is 5.95. The van der Waals surface area contributed by atoms with Gasteiger partial charge in [0.05, 0.1) is 24.1 Å². The van der Waals surface area contributed by atoms with Crippen molar-refractivity contribution in [3.05, 3.63) is 36.3 Å². The van der Waals surface area contributed by atoms with E-state index >= 15 is 0 Å².